The van der Waals surface area contributed by atoms with Crippen molar-refractivity contribution >= 4 is 28.8 Å². The first-order valence-corrected chi connectivity index (χ1v) is 6.51. The van der Waals surface area contributed by atoms with E-state index >= 15 is 0 Å². The zero-order valence-corrected chi connectivity index (χ0v) is 11.4. The van der Waals surface area contributed by atoms with E-state index < -0.39 is 9.85 Å². The fourth-order valence-electron chi connectivity index (χ4n) is 1.72. The molecular weight excluding hydrogens is 296 g/mol. The van der Waals surface area contributed by atoms with Crippen molar-refractivity contribution in [3.05, 3.63) is 62.7 Å². The Morgan fingerprint density at radius 1 is 0.952 bits per heavy atom. The lowest BCUT2D eigenvalue weighted by atomic mass is 10.3. The number of anilines is 1. The fraction of sp³-hybridized carbons (Fsp3) is 0. The van der Waals surface area contributed by atoms with Gasteiger partial charge in [0.1, 0.15) is 5.69 Å². The van der Waals surface area contributed by atoms with Crippen molar-refractivity contribution in [2.75, 3.05) is 5.43 Å². The summed E-state index contributed by atoms with van der Waals surface area (Å²) in [5.74, 6) is 5.26. The zero-order valence-electron chi connectivity index (χ0n) is 10.6. The first-order valence-electron chi connectivity index (χ1n) is 5.70. The number of hydrazine groups is 1. The molecule has 2 rings (SSSR count). The minimum Gasteiger partial charge on any atom is -0.318 e. The van der Waals surface area contributed by atoms with Gasteiger partial charge in [-0.1, -0.05) is 30.0 Å². The standard InChI is InChI=1S/C12H10N4O4S/c13-14-8-4-3-7-11(12(8)16(19)20)21-10-6-2-1-5-9(10)15(17)18/h1-7,14H,13H2. The largest absolute Gasteiger partial charge is 0.318 e. The molecule has 0 atom stereocenters. The summed E-state index contributed by atoms with van der Waals surface area (Å²) in [6.07, 6.45) is 0. The van der Waals surface area contributed by atoms with Crippen LogP contribution in [0, 0.1) is 20.2 Å². The second-order valence-corrected chi connectivity index (χ2v) is 4.96. The Hall–Kier alpha value is -2.65. The quantitative estimate of drug-likeness (QED) is 0.494. The molecule has 8 nitrogen and oxygen atoms in total. The van der Waals surface area contributed by atoms with Crippen LogP contribution in [0.5, 0.6) is 0 Å². The highest BCUT2D eigenvalue weighted by Crippen LogP contribution is 2.41. The van der Waals surface area contributed by atoms with Crippen molar-refractivity contribution in [1.82, 2.24) is 0 Å². The molecule has 3 N–H and O–H groups in total. The number of hydrogen-bond donors (Lipinski definition) is 2. The Balaban J connectivity index is 2.50. The topological polar surface area (TPSA) is 124 Å². The average Bonchev–Trinajstić information content (AvgIpc) is 2.47. The van der Waals surface area contributed by atoms with E-state index in [9.17, 15) is 20.2 Å². The Morgan fingerprint density at radius 2 is 1.62 bits per heavy atom. The number of nitrogens with one attached hydrogen (secondary N) is 1. The van der Waals surface area contributed by atoms with Gasteiger partial charge in [-0.2, -0.15) is 0 Å². The SMILES string of the molecule is NNc1cccc(Sc2ccccc2[N+](=O)[O-])c1[N+](=O)[O-]. The molecule has 0 aliphatic carbocycles. The number of nitrogens with two attached hydrogens (primary N) is 1. The van der Waals surface area contributed by atoms with Gasteiger partial charge in [0.05, 0.1) is 19.6 Å². The Bertz CT molecular complexity index is 707. The summed E-state index contributed by atoms with van der Waals surface area (Å²) >= 11 is 0.948. The lowest BCUT2D eigenvalue weighted by Crippen LogP contribution is -2.09. The number of nitrogen functional groups attached to an aromatic ring is 1. The highest BCUT2D eigenvalue weighted by molar-refractivity contribution is 7.99. The molecule has 9 heteroatoms. The van der Waals surface area contributed by atoms with E-state index in [2.05, 4.69) is 5.43 Å². The monoisotopic (exact) mass is 306 g/mol. The van der Waals surface area contributed by atoms with Crippen molar-refractivity contribution in [1.29, 1.82) is 0 Å². The summed E-state index contributed by atoms with van der Waals surface area (Å²) in [6, 6.07) is 10.6. The molecule has 0 saturated carbocycles. The van der Waals surface area contributed by atoms with E-state index in [0.29, 0.717) is 4.90 Å². The summed E-state index contributed by atoms with van der Waals surface area (Å²) in [4.78, 5) is 21.6. The number of benzene rings is 2. The maximum absolute atomic E-state index is 11.2. The molecule has 21 heavy (non-hydrogen) atoms. The predicted molar refractivity (Wildman–Crippen MR) is 78.1 cm³/mol. The van der Waals surface area contributed by atoms with Gasteiger partial charge in [0.2, 0.25) is 0 Å². The molecule has 0 heterocycles. The first kappa shape index (κ1) is 14.8. The maximum Gasteiger partial charge on any atom is 0.307 e. The summed E-state index contributed by atoms with van der Waals surface area (Å²) in [5.41, 5.74) is 2.07. The third kappa shape index (κ3) is 3.09. The van der Waals surface area contributed by atoms with Crippen LogP contribution in [0.3, 0.4) is 0 Å². The van der Waals surface area contributed by atoms with Gasteiger partial charge < -0.3 is 5.43 Å². The lowest BCUT2D eigenvalue weighted by Gasteiger charge is -2.07. The van der Waals surface area contributed by atoms with Gasteiger partial charge in [-0.05, 0) is 18.2 Å². The van der Waals surface area contributed by atoms with Gasteiger partial charge in [0.15, 0.2) is 0 Å². The number of rotatable bonds is 5. The Morgan fingerprint density at radius 3 is 2.24 bits per heavy atom. The van der Waals surface area contributed by atoms with Crippen LogP contribution in [-0.4, -0.2) is 9.85 Å². The zero-order chi connectivity index (χ0) is 15.4. The van der Waals surface area contributed by atoms with Crippen LogP contribution in [0.1, 0.15) is 0 Å². The summed E-state index contributed by atoms with van der Waals surface area (Å²) in [7, 11) is 0. The van der Waals surface area contributed by atoms with Crippen molar-refractivity contribution in [2.24, 2.45) is 5.84 Å². The highest BCUT2D eigenvalue weighted by atomic mass is 32.2. The average molecular weight is 306 g/mol. The van der Waals surface area contributed by atoms with Gasteiger partial charge in [0, 0.05) is 6.07 Å². The number of nitrogens with zero attached hydrogens (tertiary/aromatic N) is 2. The second kappa shape index (κ2) is 6.20. The van der Waals surface area contributed by atoms with Crippen LogP contribution < -0.4 is 11.3 Å². The molecule has 0 aliphatic heterocycles. The molecule has 2 aromatic carbocycles. The first-order chi connectivity index (χ1) is 10.0. The molecule has 0 spiro atoms. The van der Waals surface area contributed by atoms with Gasteiger partial charge >= 0.3 is 5.69 Å². The van der Waals surface area contributed by atoms with Gasteiger partial charge in [-0.15, -0.1) is 0 Å². The molecule has 2 aromatic rings. The number of nitro groups is 2. The van der Waals surface area contributed by atoms with Gasteiger partial charge in [0.25, 0.3) is 5.69 Å². The number of para-hydroxylation sites is 2. The second-order valence-electron chi connectivity index (χ2n) is 3.88. The molecule has 0 amide bonds. The van der Waals surface area contributed by atoms with E-state index in [-0.39, 0.29) is 22.0 Å². The minimum absolute atomic E-state index is 0.108. The molecule has 0 unspecified atom stereocenters. The predicted octanol–water partition coefficient (Wildman–Crippen LogP) is 2.94. The molecule has 0 fully saturated rings. The molecule has 0 aromatic heterocycles. The lowest BCUT2D eigenvalue weighted by molar-refractivity contribution is -0.387. The molecule has 0 radical (unpaired) electrons. The summed E-state index contributed by atoms with van der Waals surface area (Å²) < 4.78 is 0. The van der Waals surface area contributed by atoms with Crippen molar-refractivity contribution < 1.29 is 9.85 Å². The van der Waals surface area contributed by atoms with Crippen LogP contribution in [0.15, 0.2) is 52.3 Å². The molecule has 0 aliphatic rings. The summed E-state index contributed by atoms with van der Waals surface area (Å²) in [6.45, 7) is 0. The van der Waals surface area contributed by atoms with Gasteiger partial charge in [-0.3, -0.25) is 26.1 Å². The maximum atomic E-state index is 11.2. The summed E-state index contributed by atoms with van der Waals surface area (Å²) in [5, 5.41) is 22.2. The Kier molecular flexibility index (Phi) is 4.36. The fourth-order valence-corrected chi connectivity index (χ4v) is 2.78. The van der Waals surface area contributed by atoms with E-state index in [0.717, 1.165) is 11.8 Å². The third-order valence-electron chi connectivity index (χ3n) is 2.62. The van der Waals surface area contributed by atoms with E-state index in [1.807, 2.05) is 0 Å². The normalized spacial score (nSPS) is 10.1. The number of nitro benzene ring substituents is 2. The Labute approximate surface area is 123 Å². The molecule has 0 saturated heterocycles. The van der Waals surface area contributed by atoms with Gasteiger partial charge in [-0.25, -0.2) is 0 Å². The highest BCUT2D eigenvalue weighted by Gasteiger charge is 2.22. The molecular formula is C12H10N4O4S. The van der Waals surface area contributed by atoms with E-state index in [4.69, 9.17) is 5.84 Å². The van der Waals surface area contributed by atoms with Crippen LogP contribution in [0.25, 0.3) is 0 Å². The van der Waals surface area contributed by atoms with Crippen LogP contribution in [0.4, 0.5) is 17.1 Å². The molecule has 108 valence electrons. The van der Waals surface area contributed by atoms with Crippen molar-refractivity contribution in [2.45, 2.75) is 9.79 Å². The van der Waals surface area contributed by atoms with Crippen LogP contribution in [0.2, 0.25) is 0 Å². The van der Waals surface area contributed by atoms with Crippen LogP contribution in [-0.2, 0) is 0 Å². The minimum atomic E-state index is -0.577. The van der Waals surface area contributed by atoms with E-state index in [1.165, 1.54) is 30.3 Å². The molecule has 0 bridgehead atoms. The van der Waals surface area contributed by atoms with Crippen LogP contribution >= 0.6 is 11.8 Å². The van der Waals surface area contributed by atoms with Crippen molar-refractivity contribution in [3.8, 4) is 0 Å². The van der Waals surface area contributed by atoms with E-state index in [1.54, 1.807) is 12.1 Å². The third-order valence-corrected chi connectivity index (χ3v) is 3.73. The smallest absolute Gasteiger partial charge is 0.307 e. The van der Waals surface area contributed by atoms with Crippen molar-refractivity contribution in [3.63, 3.8) is 0 Å². The number of hydrogen-bond acceptors (Lipinski definition) is 7.